The van der Waals surface area contributed by atoms with E-state index in [-0.39, 0.29) is 0 Å². The third-order valence-electron chi connectivity index (χ3n) is 0.713. The Kier molecular flexibility index (Phi) is 1.19. The van der Waals surface area contributed by atoms with Gasteiger partial charge < -0.3 is 4.48 Å². The van der Waals surface area contributed by atoms with Gasteiger partial charge in [0.25, 0.3) is 0 Å². The molecule has 0 aliphatic rings. The number of alkyl halides is 1. The number of halogens is 1. The second-order valence-electron chi connectivity index (χ2n) is 2.17. The predicted molar refractivity (Wildman–Crippen MR) is 33.2 cm³/mol. The zero-order chi connectivity index (χ0) is 10.2. The summed E-state index contributed by atoms with van der Waals surface area (Å²) >= 11 is 0. The van der Waals surface area contributed by atoms with Crippen LogP contribution in [0.15, 0.2) is 0 Å². The molecule has 0 amide bonds. The van der Waals surface area contributed by atoms with Gasteiger partial charge in [-0.3, -0.25) is 0 Å². The van der Waals surface area contributed by atoms with Crippen LogP contribution in [0.5, 0.6) is 0 Å². The molecule has 0 fully saturated rings. The smallest absolute Gasteiger partial charge is 0.221 e. The van der Waals surface area contributed by atoms with Crippen molar-refractivity contribution in [2.45, 2.75) is 13.3 Å². The van der Waals surface area contributed by atoms with Crippen molar-refractivity contribution in [3.63, 3.8) is 0 Å². The van der Waals surface area contributed by atoms with Crippen LogP contribution in [0.3, 0.4) is 0 Å². The van der Waals surface area contributed by atoms with E-state index in [2.05, 4.69) is 0 Å². The van der Waals surface area contributed by atoms with Crippen molar-refractivity contribution in [2.75, 3.05) is 27.4 Å². The second-order valence-corrected chi connectivity index (χ2v) is 2.17. The fourth-order valence-corrected chi connectivity index (χ4v) is 0.333. The molecule has 0 saturated heterocycles. The van der Waals surface area contributed by atoms with E-state index in [1.165, 1.54) is 14.1 Å². The second kappa shape index (κ2) is 3.02. The molecule has 0 bridgehead atoms. The maximum Gasteiger partial charge on any atom is 0.221 e. The average molecular weight is 123 g/mol. The van der Waals surface area contributed by atoms with Gasteiger partial charge in [0.15, 0.2) is 0 Å². The van der Waals surface area contributed by atoms with Crippen molar-refractivity contribution in [3.8, 4) is 0 Å². The van der Waals surface area contributed by atoms with Crippen molar-refractivity contribution >= 4 is 0 Å². The van der Waals surface area contributed by atoms with Gasteiger partial charge in [-0.25, -0.2) is 0 Å². The zero-order valence-corrected chi connectivity index (χ0v) is 5.53. The minimum Gasteiger partial charge on any atom is -0.302 e. The van der Waals surface area contributed by atoms with Gasteiger partial charge in [0.05, 0.1) is 23.3 Å². The predicted octanol–water partition coefficient (Wildman–Crippen LogP) is 1.40. The first-order valence-corrected chi connectivity index (χ1v) is 2.45. The summed E-state index contributed by atoms with van der Waals surface area (Å²) in [4.78, 5) is 0. The van der Waals surface area contributed by atoms with Crippen molar-refractivity contribution in [2.24, 2.45) is 0 Å². The number of hydrogen-bond donors (Lipinski definition) is 0. The third-order valence-corrected chi connectivity index (χ3v) is 0.713. The van der Waals surface area contributed by atoms with Crippen molar-refractivity contribution < 1.29 is 14.4 Å². The molecule has 0 saturated carbocycles. The Morgan fingerprint density at radius 2 is 2.12 bits per heavy atom. The maximum atomic E-state index is 12.4. The Bertz CT molecular complexity index is 163. The first kappa shape index (κ1) is 3.16. The van der Waals surface area contributed by atoms with E-state index in [1.54, 1.807) is 0 Å². The molecule has 1 nitrogen and oxygen atoms in total. The van der Waals surface area contributed by atoms with Gasteiger partial charge in [0.2, 0.25) is 6.80 Å². The quantitative estimate of drug-likeness (QED) is 0.393. The molecule has 50 valence electrons. The van der Waals surface area contributed by atoms with Gasteiger partial charge in [-0.2, -0.15) is 4.39 Å². The van der Waals surface area contributed by atoms with Crippen LogP contribution in [0.4, 0.5) is 4.39 Å². The molecule has 2 heteroatoms. The molecule has 8 heavy (non-hydrogen) atoms. The van der Waals surface area contributed by atoms with E-state index in [9.17, 15) is 4.39 Å². The van der Waals surface area contributed by atoms with Gasteiger partial charge in [0, 0.05) is 2.74 Å². The van der Waals surface area contributed by atoms with Crippen LogP contribution in [0.2, 0.25) is 0 Å². The highest BCUT2D eigenvalue weighted by molar-refractivity contribution is 4.22. The molecule has 0 atom stereocenters. The van der Waals surface area contributed by atoms with Crippen LogP contribution in [-0.2, 0) is 0 Å². The average Bonchev–Trinajstić information content (AvgIpc) is 1.85. The molecular formula is C6H15FN+. The molecule has 0 spiro atoms. The lowest BCUT2D eigenvalue weighted by Gasteiger charge is -2.24. The highest BCUT2D eigenvalue weighted by Crippen LogP contribution is 1.97. The summed E-state index contributed by atoms with van der Waals surface area (Å²) in [7, 11) is 2.64. The highest BCUT2D eigenvalue weighted by Gasteiger charge is 2.10. The first-order valence-electron chi connectivity index (χ1n) is 4.45. The van der Waals surface area contributed by atoms with Crippen LogP contribution in [0, 0.1) is 0 Å². The Balaban J connectivity index is 4.85. The monoisotopic (exact) mass is 123 g/mol. The highest BCUT2D eigenvalue weighted by atomic mass is 18.2. The Hall–Kier alpha value is -0.110. The molecule has 0 unspecified atom stereocenters. The maximum absolute atomic E-state index is 12.4. The molecule has 0 aromatic carbocycles. The van der Waals surface area contributed by atoms with Crippen LogP contribution < -0.4 is 0 Å². The number of rotatable bonds is 3. The van der Waals surface area contributed by atoms with Crippen molar-refractivity contribution in [1.29, 1.82) is 0 Å². The summed E-state index contributed by atoms with van der Waals surface area (Å²) in [6, 6.07) is 0. The molecule has 0 radical (unpaired) electrons. The molecular weight excluding hydrogens is 104 g/mol. The number of hydrogen-bond acceptors (Lipinski definition) is 0. The molecule has 0 aliphatic heterocycles. The standard InChI is InChI=1S/C6H15FN/c1-4-5-8(2,3)6-7/h4-6H2,1-3H3/q+1/i4D2,5D2,7-1. The summed E-state index contributed by atoms with van der Waals surface area (Å²) < 4.78 is 40.9. The fourth-order valence-electron chi connectivity index (χ4n) is 0.333. The molecule has 0 aliphatic carbocycles. The Morgan fingerprint density at radius 1 is 1.62 bits per heavy atom. The first-order chi connectivity index (χ1) is 5.06. The summed E-state index contributed by atoms with van der Waals surface area (Å²) in [6.07, 6.45) is -2.05. The van der Waals surface area contributed by atoms with E-state index in [4.69, 9.17) is 5.48 Å². The van der Waals surface area contributed by atoms with Crippen LogP contribution >= 0.6 is 0 Å². The lowest BCUT2D eigenvalue weighted by atomic mass is 10.4. The fraction of sp³-hybridized carbons (Fsp3) is 1.00. The van der Waals surface area contributed by atoms with Crippen LogP contribution in [0.25, 0.3) is 0 Å². The molecule has 0 heterocycles. The van der Waals surface area contributed by atoms with Gasteiger partial charge in [0.1, 0.15) is 0 Å². The lowest BCUT2D eigenvalue weighted by molar-refractivity contribution is -0.902. The normalized spacial score (nSPS) is 23.0. The van der Waals surface area contributed by atoms with E-state index in [1.807, 2.05) is 0 Å². The third kappa shape index (κ3) is 2.97. The van der Waals surface area contributed by atoms with Crippen LogP contribution in [0.1, 0.15) is 18.8 Å². The zero-order valence-electron chi connectivity index (χ0n) is 9.53. The van der Waals surface area contributed by atoms with E-state index in [0.29, 0.717) is 0 Å². The summed E-state index contributed by atoms with van der Waals surface area (Å²) in [6.45, 7) is -2.04. The minimum absolute atomic E-state index is 0.628. The van der Waals surface area contributed by atoms with Crippen molar-refractivity contribution in [3.05, 3.63) is 0 Å². The Morgan fingerprint density at radius 3 is 2.25 bits per heavy atom. The number of nitrogens with zero attached hydrogens (tertiary/aromatic N) is 1. The van der Waals surface area contributed by atoms with Crippen LogP contribution in [-0.4, -0.2) is 31.9 Å². The van der Waals surface area contributed by atoms with E-state index < -0.39 is 24.2 Å². The van der Waals surface area contributed by atoms with Gasteiger partial charge in [-0.15, -0.1) is 0 Å². The molecule has 0 rings (SSSR count). The molecule has 0 aromatic rings. The molecule has 0 aromatic heterocycles. The SMILES string of the molecule is [2H]C([2H])(C)C([2H])([2H])[N+](C)(C)C[18F]. The van der Waals surface area contributed by atoms with E-state index in [0.717, 1.165) is 6.92 Å². The van der Waals surface area contributed by atoms with E-state index >= 15 is 0 Å². The lowest BCUT2D eigenvalue weighted by Crippen LogP contribution is -2.39. The van der Waals surface area contributed by atoms with Gasteiger partial charge in [-0.05, 0) is 6.37 Å². The minimum atomic E-state index is -2.22. The Labute approximate surface area is 56.3 Å². The number of quaternary nitrogens is 1. The van der Waals surface area contributed by atoms with Gasteiger partial charge in [-0.1, -0.05) is 6.92 Å². The molecule has 0 N–H and O–H groups in total. The van der Waals surface area contributed by atoms with Gasteiger partial charge >= 0.3 is 0 Å². The summed E-state index contributed by atoms with van der Waals surface area (Å²) in [5.41, 5.74) is 0. The summed E-state index contributed by atoms with van der Waals surface area (Å²) in [5.74, 6) is 0. The summed E-state index contributed by atoms with van der Waals surface area (Å²) in [5, 5.41) is 0. The van der Waals surface area contributed by atoms with Crippen molar-refractivity contribution in [1.82, 2.24) is 0 Å². The largest absolute Gasteiger partial charge is 0.302 e. The topological polar surface area (TPSA) is 0 Å².